The highest BCUT2D eigenvalue weighted by Crippen LogP contribution is 2.22. The van der Waals surface area contributed by atoms with Gasteiger partial charge in [0.05, 0.1) is 6.33 Å². The molecule has 0 unspecified atom stereocenters. The number of carbonyl (C=O) groups is 1. The molecule has 140 valence electrons. The second kappa shape index (κ2) is 7.77. The molecule has 1 saturated heterocycles. The maximum Gasteiger partial charge on any atom is 0.262 e. The molecule has 1 N–H and O–H groups in total. The number of anilines is 1. The third-order valence-electron chi connectivity index (χ3n) is 4.41. The lowest BCUT2D eigenvalue weighted by atomic mass is 10.0. The molecule has 1 aliphatic rings. The first kappa shape index (κ1) is 18.9. The number of nitrogens with zero attached hydrogens (tertiary/aromatic N) is 3. The number of sulfonamides is 1. The predicted octanol–water partition coefficient (Wildman–Crippen LogP) is 2.60. The second-order valence-corrected chi connectivity index (χ2v) is 8.85. The van der Waals surface area contributed by atoms with Crippen LogP contribution in [0.15, 0.2) is 41.8 Å². The Morgan fingerprint density at radius 1 is 1.27 bits per heavy atom. The Hall–Kier alpha value is -1.90. The van der Waals surface area contributed by atoms with Crippen molar-refractivity contribution in [3.63, 3.8) is 0 Å². The van der Waals surface area contributed by atoms with E-state index in [2.05, 4.69) is 17.2 Å². The van der Waals surface area contributed by atoms with Gasteiger partial charge in [-0.15, -0.1) is 0 Å². The zero-order chi connectivity index (χ0) is 18.7. The minimum Gasteiger partial charge on any atom is -0.327 e. The fraction of sp³-hybridized carbons (Fsp3) is 0.412. The molecule has 0 atom stereocenters. The van der Waals surface area contributed by atoms with E-state index >= 15 is 0 Å². The van der Waals surface area contributed by atoms with Gasteiger partial charge in [-0.1, -0.05) is 18.5 Å². The quantitative estimate of drug-likeness (QED) is 0.841. The number of piperidine rings is 1. The largest absolute Gasteiger partial charge is 0.327 e. The molecule has 1 fully saturated rings. The van der Waals surface area contributed by atoms with Gasteiger partial charge in [0, 0.05) is 30.0 Å². The van der Waals surface area contributed by atoms with Crippen LogP contribution in [0.4, 0.5) is 5.69 Å². The number of halogens is 1. The van der Waals surface area contributed by atoms with E-state index in [9.17, 15) is 13.2 Å². The number of carbonyl (C=O) groups excluding carboxylic acids is 1. The van der Waals surface area contributed by atoms with Gasteiger partial charge in [0.15, 0.2) is 5.03 Å². The Morgan fingerprint density at radius 2 is 1.92 bits per heavy atom. The first-order valence-corrected chi connectivity index (χ1v) is 10.2. The average Bonchev–Trinajstić information content (AvgIpc) is 3.06. The van der Waals surface area contributed by atoms with E-state index in [1.807, 2.05) is 0 Å². The van der Waals surface area contributed by atoms with E-state index in [1.165, 1.54) is 21.4 Å². The molecule has 0 radical (unpaired) electrons. The minimum absolute atomic E-state index is 0.0219. The van der Waals surface area contributed by atoms with Gasteiger partial charge in [-0.25, -0.2) is 13.4 Å². The molecular formula is C17H21ClN4O3S. The van der Waals surface area contributed by atoms with Crippen LogP contribution in [0.3, 0.4) is 0 Å². The molecule has 9 heteroatoms. The smallest absolute Gasteiger partial charge is 0.262 e. The molecule has 1 aliphatic heterocycles. The topological polar surface area (TPSA) is 84.3 Å². The van der Waals surface area contributed by atoms with Crippen molar-refractivity contribution in [2.45, 2.75) is 31.3 Å². The summed E-state index contributed by atoms with van der Waals surface area (Å²) in [4.78, 5) is 16.1. The van der Waals surface area contributed by atoms with E-state index in [0.717, 1.165) is 12.8 Å². The van der Waals surface area contributed by atoms with Gasteiger partial charge >= 0.3 is 0 Å². The van der Waals surface area contributed by atoms with E-state index in [0.29, 0.717) is 29.7 Å². The van der Waals surface area contributed by atoms with Crippen molar-refractivity contribution in [3.8, 4) is 0 Å². The molecule has 0 bridgehead atoms. The number of aromatic nitrogens is 2. The Kier molecular flexibility index (Phi) is 5.64. The zero-order valence-electron chi connectivity index (χ0n) is 14.4. The molecule has 26 heavy (non-hydrogen) atoms. The number of nitrogens with one attached hydrogen (secondary N) is 1. The molecule has 3 rings (SSSR count). The fourth-order valence-corrected chi connectivity index (χ4v) is 4.35. The van der Waals surface area contributed by atoms with Crippen molar-refractivity contribution in [3.05, 3.63) is 41.8 Å². The number of imidazole rings is 1. The standard InChI is InChI=1S/C17H21ClN4O3S/c1-13-6-8-22(9-7-13)26(24,25)17-11-21(12-19-17)10-16(23)20-15-4-2-14(18)3-5-15/h2-5,11-13H,6-10H2,1H3,(H,20,23). The molecule has 1 amide bonds. The van der Waals surface area contributed by atoms with E-state index in [1.54, 1.807) is 24.3 Å². The summed E-state index contributed by atoms with van der Waals surface area (Å²) in [5.74, 6) is 0.260. The van der Waals surface area contributed by atoms with Gasteiger partial charge < -0.3 is 9.88 Å². The van der Waals surface area contributed by atoms with E-state index < -0.39 is 10.0 Å². The summed E-state index contributed by atoms with van der Waals surface area (Å²) in [5.41, 5.74) is 0.620. The van der Waals surface area contributed by atoms with Gasteiger partial charge in [0.2, 0.25) is 5.91 Å². The van der Waals surface area contributed by atoms with E-state index in [4.69, 9.17) is 11.6 Å². The third kappa shape index (κ3) is 4.44. The highest BCUT2D eigenvalue weighted by Gasteiger charge is 2.29. The van der Waals surface area contributed by atoms with Crippen LogP contribution in [0.25, 0.3) is 0 Å². The predicted molar refractivity (Wildman–Crippen MR) is 99.5 cm³/mol. The zero-order valence-corrected chi connectivity index (χ0v) is 16.0. The number of benzene rings is 1. The van der Waals surface area contributed by atoms with Gasteiger partial charge in [0.1, 0.15) is 6.54 Å². The summed E-state index contributed by atoms with van der Waals surface area (Å²) in [6, 6.07) is 6.75. The highest BCUT2D eigenvalue weighted by molar-refractivity contribution is 7.89. The lowest BCUT2D eigenvalue weighted by Gasteiger charge is -2.28. The van der Waals surface area contributed by atoms with Gasteiger partial charge in [-0.2, -0.15) is 4.31 Å². The Bertz CT molecular complexity index is 872. The van der Waals surface area contributed by atoms with Crippen LogP contribution in [0.2, 0.25) is 5.02 Å². The molecule has 0 spiro atoms. The summed E-state index contributed by atoms with van der Waals surface area (Å²) in [7, 11) is -3.61. The number of amides is 1. The van der Waals surface area contributed by atoms with Crippen LogP contribution in [0, 0.1) is 5.92 Å². The second-order valence-electron chi connectivity index (χ2n) is 6.53. The number of hydrogen-bond acceptors (Lipinski definition) is 4. The maximum absolute atomic E-state index is 12.7. The summed E-state index contributed by atoms with van der Waals surface area (Å²) in [5, 5.41) is 3.29. The number of hydrogen-bond donors (Lipinski definition) is 1. The molecule has 0 aliphatic carbocycles. The lowest BCUT2D eigenvalue weighted by molar-refractivity contribution is -0.116. The minimum atomic E-state index is -3.61. The van der Waals surface area contributed by atoms with Crippen molar-refractivity contribution < 1.29 is 13.2 Å². The maximum atomic E-state index is 12.7. The monoisotopic (exact) mass is 396 g/mol. The molecule has 7 nitrogen and oxygen atoms in total. The van der Waals surface area contributed by atoms with Crippen LogP contribution in [-0.2, 0) is 21.4 Å². The molecular weight excluding hydrogens is 376 g/mol. The van der Waals surface area contributed by atoms with Crippen LogP contribution < -0.4 is 5.32 Å². The molecule has 0 saturated carbocycles. The first-order valence-electron chi connectivity index (χ1n) is 8.42. The summed E-state index contributed by atoms with van der Waals surface area (Å²) < 4.78 is 28.2. The molecule has 1 aromatic heterocycles. The fourth-order valence-electron chi connectivity index (χ4n) is 2.82. The van der Waals surface area contributed by atoms with Crippen molar-refractivity contribution in [2.75, 3.05) is 18.4 Å². The van der Waals surface area contributed by atoms with Crippen LogP contribution in [0.1, 0.15) is 19.8 Å². The van der Waals surface area contributed by atoms with Crippen molar-refractivity contribution in [1.29, 1.82) is 0 Å². The SMILES string of the molecule is CC1CCN(S(=O)(=O)c2cn(CC(=O)Nc3ccc(Cl)cc3)cn2)CC1. The summed E-state index contributed by atoms with van der Waals surface area (Å²) >= 11 is 5.81. The Labute approximate surface area is 158 Å². The molecule has 2 aromatic rings. The lowest BCUT2D eigenvalue weighted by Crippen LogP contribution is -2.38. The van der Waals surface area contributed by atoms with Crippen molar-refractivity contribution in [1.82, 2.24) is 13.9 Å². The summed E-state index contributed by atoms with van der Waals surface area (Å²) in [6.45, 7) is 3.11. The van der Waals surface area contributed by atoms with Crippen molar-refractivity contribution >= 4 is 33.2 Å². The van der Waals surface area contributed by atoms with E-state index in [-0.39, 0.29) is 17.5 Å². The Morgan fingerprint density at radius 3 is 2.58 bits per heavy atom. The van der Waals surface area contributed by atoms with Crippen LogP contribution in [0.5, 0.6) is 0 Å². The molecule has 2 heterocycles. The highest BCUT2D eigenvalue weighted by atomic mass is 35.5. The third-order valence-corrected chi connectivity index (χ3v) is 6.45. The van der Waals surface area contributed by atoms with Gasteiger partial charge in [-0.3, -0.25) is 4.79 Å². The van der Waals surface area contributed by atoms with Gasteiger partial charge in [-0.05, 0) is 43.0 Å². The summed E-state index contributed by atoms with van der Waals surface area (Å²) in [6.07, 6.45) is 4.46. The average molecular weight is 397 g/mol. The normalized spacial score (nSPS) is 16.5. The Balaban J connectivity index is 1.63. The number of rotatable bonds is 5. The molecule has 1 aromatic carbocycles. The van der Waals surface area contributed by atoms with Crippen LogP contribution in [-0.4, -0.2) is 41.3 Å². The van der Waals surface area contributed by atoms with Crippen molar-refractivity contribution in [2.24, 2.45) is 5.92 Å². The van der Waals surface area contributed by atoms with Gasteiger partial charge in [0.25, 0.3) is 10.0 Å². The van der Waals surface area contributed by atoms with Crippen LogP contribution >= 0.6 is 11.6 Å². The first-order chi connectivity index (χ1) is 12.3.